The van der Waals surface area contributed by atoms with E-state index >= 15 is 4.39 Å². The summed E-state index contributed by atoms with van der Waals surface area (Å²) in [5, 5.41) is 0.329. The van der Waals surface area contributed by atoms with Gasteiger partial charge in [-0.05, 0) is 85.8 Å². The van der Waals surface area contributed by atoms with Gasteiger partial charge in [0.05, 0.1) is 34.8 Å². The third-order valence-electron chi connectivity index (χ3n) is 7.59. The van der Waals surface area contributed by atoms with Gasteiger partial charge in [-0.25, -0.2) is 25.6 Å². The molecule has 1 heterocycles. The molecule has 0 N–H and O–H groups in total. The maximum Gasteiger partial charge on any atom is 0.188 e. The van der Waals surface area contributed by atoms with E-state index in [1.165, 1.54) is 43.5 Å². The number of hydrogen-bond acceptors (Lipinski definition) is 6. The van der Waals surface area contributed by atoms with Crippen LogP contribution in [0.25, 0.3) is 0 Å². The number of sulfone groups is 2. The highest BCUT2D eigenvalue weighted by molar-refractivity contribution is 7.92. The number of halogens is 3. The van der Waals surface area contributed by atoms with Crippen LogP contribution in [0.2, 0.25) is 5.02 Å². The van der Waals surface area contributed by atoms with Crippen molar-refractivity contribution in [2.45, 2.75) is 33.8 Å². The van der Waals surface area contributed by atoms with Gasteiger partial charge in [0.2, 0.25) is 0 Å². The number of ether oxygens (including phenoxy) is 2. The van der Waals surface area contributed by atoms with Gasteiger partial charge in [-0.1, -0.05) is 11.6 Å². The van der Waals surface area contributed by atoms with Gasteiger partial charge in [0, 0.05) is 10.9 Å². The lowest BCUT2D eigenvalue weighted by Gasteiger charge is -2.49. The van der Waals surface area contributed by atoms with Crippen LogP contribution in [-0.4, -0.2) is 36.3 Å². The molecule has 0 radical (unpaired) electrons. The number of fused-ring (bicyclic) bond motifs is 3. The predicted octanol–water partition coefficient (Wildman–Crippen LogP) is 5.58. The first-order valence-corrected chi connectivity index (χ1v) is 15.5. The zero-order valence-electron chi connectivity index (χ0n) is 20.4. The molecular weight excluding hydrogens is 558 g/mol. The van der Waals surface area contributed by atoms with Gasteiger partial charge in [-0.15, -0.1) is 0 Å². The van der Waals surface area contributed by atoms with E-state index < -0.39 is 53.6 Å². The molecule has 3 aromatic rings. The van der Waals surface area contributed by atoms with Crippen molar-refractivity contribution in [3.63, 3.8) is 0 Å². The van der Waals surface area contributed by atoms with Gasteiger partial charge < -0.3 is 9.47 Å². The molecule has 2 aliphatic rings. The van der Waals surface area contributed by atoms with Gasteiger partial charge in [0.15, 0.2) is 31.2 Å². The van der Waals surface area contributed by atoms with Gasteiger partial charge in [-0.3, -0.25) is 0 Å². The summed E-state index contributed by atoms with van der Waals surface area (Å²) >= 11 is 5.97. The minimum absolute atomic E-state index is 0.0762. The van der Waals surface area contributed by atoms with Crippen molar-refractivity contribution in [1.82, 2.24) is 0 Å². The molecule has 1 aliphatic carbocycles. The first kappa shape index (κ1) is 26.9. The number of benzene rings is 3. The van der Waals surface area contributed by atoms with Crippen molar-refractivity contribution in [1.29, 1.82) is 0 Å². The second kappa shape index (κ2) is 9.81. The van der Waals surface area contributed by atoms with Crippen molar-refractivity contribution in [2.75, 3.05) is 19.5 Å². The fraction of sp³-hybridized carbons (Fsp3) is 0.333. The van der Waals surface area contributed by atoms with Crippen molar-refractivity contribution in [2.24, 2.45) is 11.8 Å². The topological polar surface area (TPSA) is 86.7 Å². The largest absolute Gasteiger partial charge is 0.497 e. The lowest BCUT2D eigenvalue weighted by molar-refractivity contribution is 0.103. The first-order valence-electron chi connectivity index (χ1n) is 12.0. The van der Waals surface area contributed by atoms with Crippen molar-refractivity contribution in [3.05, 3.63) is 82.9 Å². The normalized spacial score (nSPS) is 23.2. The van der Waals surface area contributed by atoms with Crippen LogP contribution in [0.5, 0.6) is 11.5 Å². The molecule has 6 nitrogen and oxygen atoms in total. The first-order chi connectivity index (χ1) is 18.0. The Hall–Kier alpha value is -2.69. The smallest absolute Gasteiger partial charge is 0.188 e. The van der Waals surface area contributed by atoms with E-state index in [0.717, 1.165) is 12.1 Å². The molecular formula is C27H25ClF2O6S2. The van der Waals surface area contributed by atoms with Gasteiger partial charge in [0.1, 0.15) is 16.3 Å². The number of methoxy groups -OCH3 is 1. The van der Waals surface area contributed by atoms with Crippen LogP contribution in [0.3, 0.4) is 0 Å². The summed E-state index contributed by atoms with van der Waals surface area (Å²) in [6, 6.07) is 13.4. The molecule has 0 saturated heterocycles. The monoisotopic (exact) mass is 582 g/mol. The molecule has 1 saturated carbocycles. The number of rotatable bonds is 6. The lowest BCUT2D eigenvalue weighted by Crippen LogP contribution is -2.52. The Morgan fingerprint density at radius 1 is 0.947 bits per heavy atom. The van der Waals surface area contributed by atoms with Crippen LogP contribution in [0, 0.1) is 23.5 Å². The molecule has 38 heavy (non-hydrogen) atoms. The summed E-state index contributed by atoms with van der Waals surface area (Å²) in [4.78, 5) is 0.0509. The van der Waals surface area contributed by atoms with Crippen LogP contribution in [0.4, 0.5) is 8.78 Å². The second-order valence-electron chi connectivity index (χ2n) is 9.69. The minimum atomic E-state index is -4.29. The van der Waals surface area contributed by atoms with Gasteiger partial charge >= 0.3 is 0 Å². The molecule has 0 aromatic heterocycles. The maximum absolute atomic E-state index is 15.4. The van der Waals surface area contributed by atoms with Gasteiger partial charge in [-0.2, -0.15) is 0 Å². The molecule has 11 heteroatoms. The quantitative estimate of drug-likeness (QED) is 0.377. The SMILES string of the molecule is COc1ccc(S(=O)(=O)C[C@@H]2CC[C@@]3(S(=O)(=O)c4ccc(Cl)cc4)c4c(F)ccc(F)c4OC[C@H]3C2)cc1. The summed E-state index contributed by atoms with van der Waals surface area (Å²) < 4.78 is 93.9. The zero-order valence-corrected chi connectivity index (χ0v) is 22.8. The lowest BCUT2D eigenvalue weighted by atomic mass is 9.69. The molecule has 0 bridgehead atoms. The second-order valence-corrected chi connectivity index (χ2v) is 14.4. The van der Waals surface area contributed by atoms with Gasteiger partial charge in [0.25, 0.3) is 0 Å². The third kappa shape index (κ3) is 4.36. The van der Waals surface area contributed by atoms with Crippen LogP contribution in [0.15, 0.2) is 70.5 Å². The van der Waals surface area contributed by atoms with Crippen LogP contribution in [-0.2, 0) is 24.4 Å². The molecule has 1 aliphatic heterocycles. The van der Waals surface area contributed by atoms with E-state index in [9.17, 15) is 21.2 Å². The molecule has 0 unspecified atom stereocenters. The molecule has 0 amide bonds. The predicted molar refractivity (Wildman–Crippen MR) is 138 cm³/mol. The summed E-state index contributed by atoms with van der Waals surface area (Å²) in [6.07, 6.45) is 0.216. The highest BCUT2D eigenvalue weighted by Crippen LogP contribution is 2.57. The third-order valence-corrected chi connectivity index (χ3v) is 12.3. The highest BCUT2D eigenvalue weighted by Gasteiger charge is 2.59. The Morgan fingerprint density at radius 3 is 2.24 bits per heavy atom. The van der Waals surface area contributed by atoms with Crippen LogP contribution >= 0.6 is 11.6 Å². The van der Waals surface area contributed by atoms with E-state index in [4.69, 9.17) is 21.1 Å². The van der Waals surface area contributed by atoms with Crippen molar-refractivity contribution >= 4 is 31.3 Å². The van der Waals surface area contributed by atoms with Crippen LogP contribution in [0.1, 0.15) is 24.8 Å². The van der Waals surface area contributed by atoms with E-state index in [1.54, 1.807) is 12.1 Å². The Labute approximate surface area is 225 Å². The Balaban J connectivity index is 1.55. The maximum atomic E-state index is 15.4. The Morgan fingerprint density at radius 2 is 1.58 bits per heavy atom. The standard InChI is InChI=1S/C27H25ClF2O6S2/c1-35-20-4-8-21(9-5-20)37(31,32)16-17-12-13-27(38(33,34)22-6-2-19(28)3-7-22)18(14-17)15-36-26-24(30)11-10-23(29)25(26)27/h2-11,17-18H,12-16H2,1H3/t17-,18-,27+/m1/s1. The molecule has 3 atom stereocenters. The fourth-order valence-electron chi connectivity index (χ4n) is 5.77. The molecule has 1 fully saturated rings. The molecule has 202 valence electrons. The van der Waals surface area contributed by atoms with E-state index in [2.05, 4.69) is 0 Å². The summed E-state index contributed by atoms with van der Waals surface area (Å²) in [5.74, 6) is -3.07. The molecule has 3 aromatic carbocycles. The summed E-state index contributed by atoms with van der Waals surface area (Å²) in [7, 11) is -6.51. The highest BCUT2D eigenvalue weighted by atomic mass is 35.5. The summed E-state index contributed by atoms with van der Waals surface area (Å²) in [5.41, 5.74) is -0.333. The fourth-order valence-corrected chi connectivity index (χ4v) is 9.93. The average Bonchev–Trinajstić information content (AvgIpc) is 2.90. The van der Waals surface area contributed by atoms with Crippen molar-refractivity contribution < 1.29 is 35.1 Å². The number of hydrogen-bond donors (Lipinski definition) is 0. The van der Waals surface area contributed by atoms with E-state index in [-0.39, 0.29) is 47.0 Å². The molecule has 5 rings (SSSR count). The van der Waals surface area contributed by atoms with E-state index in [1.807, 2.05) is 0 Å². The Kier molecular flexibility index (Phi) is 6.94. The summed E-state index contributed by atoms with van der Waals surface area (Å²) in [6.45, 7) is -0.195. The zero-order chi connectivity index (χ0) is 27.3. The van der Waals surface area contributed by atoms with Crippen LogP contribution < -0.4 is 9.47 Å². The molecule has 0 spiro atoms. The Bertz CT molecular complexity index is 1570. The minimum Gasteiger partial charge on any atom is -0.497 e. The average molecular weight is 583 g/mol. The van der Waals surface area contributed by atoms with Crippen molar-refractivity contribution in [3.8, 4) is 11.5 Å². The van der Waals surface area contributed by atoms with E-state index in [0.29, 0.717) is 10.8 Å².